The number of rotatable bonds is 13. The Kier molecular flexibility index (Phi) is 11.8. The van der Waals surface area contributed by atoms with Gasteiger partial charge in [-0.05, 0) is 39.9 Å². The number of amides is 3. The highest BCUT2D eigenvalue weighted by atomic mass is 16.2. The summed E-state index contributed by atoms with van der Waals surface area (Å²) in [6.07, 6.45) is 1.43. The minimum Gasteiger partial charge on any atom is -0.370 e. The molecule has 0 saturated heterocycles. The van der Waals surface area contributed by atoms with E-state index in [1.54, 1.807) is 7.05 Å². The number of primary amides is 1. The minimum absolute atomic E-state index is 0.0133. The average Bonchev–Trinajstić information content (AvgIpc) is 2.51. The van der Waals surface area contributed by atoms with Gasteiger partial charge in [0, 0.05) is 19.5 Å². The highest BCUT2D eigenvalue weighted by Gasteiger charge is 2.23. The number of carbonyl (C=O) groups is 3. The van der Waals surface area contributed by atoms with Crippen molar-refractivity contribution in [2.24, 2.45) is 11.5 Å². The highest BCUT2D eigenvalue weighted by Crippen LogP contribution is 2.00. The van der Waals surface area contributed by atoms with Gasteiger partial charge in [-0.15, -0.1) is 0 Å². The van der Waals surface area contributed by atoms with Crippen molar-refractivity contribution in [1.82, 2.24) is 21.3 Å². The SMILES string of the molecule is CNCCC[C@@H](N)C(=O)N[C@H](CCC(N)=O)C(=O)NCCNC. The maximum absolute atomic E-state index is 12.1. The lowest BCUT2D eigenvalue weighted by Gasteiger charge is -2.20. The lowest BCUT2D eigenvalue weighted by molar-refractivity contribution is -0.130. The zero-order valence-corrected chi connectivity index (χ0v) is 14.0. The topological polar surface area (TPSA) is 151 Å². The summed E-state index contributed by atoms with van der Waals surface area (Å²) in [7, 11) is 3.59. The number of carbonyl (C=O) groups excluding carboxylic acids is 3. The molecule has 0 aliphatic carbocycles. The molecule has 0 aromatic heterocycles. The second-order valence-electron chi connectivity index (χ2n) is 5.31. The van der Waals surface area contributed by atoms with Crippen LogP contribution in [0.1, 0.15) is 25.7 Å². The summed E-state index contributed by atoms with van der Waals surface area (Å²) in [5.74, 6) is -1.28. The van der Waals surface area contributed by atoms with Crippen molar-refractivity contribution in [1.29, 1.82) is 0 Å². The van der Waals surface area contributed by atoms with Crippen LogP contribution in [0.3, 0.4) is 0 Å². The Morgan fingerprint density at radius 2 is 1.61 bits per heavy atom. The van der Waals surface area contributed by atoms with E-state index >= 15 is 0 Å². The molecule has 0 aliphatic rings. The first-order valence-electron chi connectivity index (χ1n) is 7.83. The van der Waals surface area contributed by atoms with Crippen molar-refractivity contribution in [3.8, 4) is 0 Å². The molecule has 2 atom stereocenters. The third kappa shape index (κ3) is 10.6. The Balaban J connectivity index is 4.50. The molecule has 0 aliphatic heterocycles. The summed E-state index contributed by atoms with van der Waals surface area (Å²) >= 11 is 0. The molecule has 9 nitrogen and oxygen atoms in total. The first-order valence-corrected chi connectivity index (χ1v) is 7.83. The molecule has 0 bridgehead atoms. The maximum Gasteiger partial charge on any atom is 0.242 e. The zero-order chi connectivity index (χ0) is 17.7. The van der Waals surface area contributed by atoms with Crippen molar-refractivity contribution in [2.75, 3.05) is 33.7 Å². The molecule has 23 heavy (non-hydrogen) atoms. The van der Waals surface area contributed by atoms with Gasteiger partial charge < -0.3 is 32.7 Å². The van der Waals surface area contributed by atoms with Gasteiger partial charge in [0.1, 0.15) is 6.04 Å². The maximum atomic E-state index is 12.1. The number of hydrogen-bond acceptors (Lipinski definition) is 6. The fraction of sp³-hybridized carbons (Fsp3) is 0.786. The van der Waals surface area contributed by atoms with Gasteiger partial charge in [0.15, 0.2) is 0 Å². The molecule has 0 aromatic carbocycles. The van der Waals surface area contributed by atoms with Crippen molar-refractivity contribution < 1.29 is 14.4 Å². The molecule has 0 heterocycles. The lowest BCUT2D eigenvalue weighted by atomic mass is 10.1. The molecule has 0 spiro atoms. The molecule has 0 rings (SSSR count). The Morgan fingerprint density at radius 1 is 0.957 bits per heavy atom. The van der Waals surface area contributed by atoms with Gasteiger partial charge in [0.2, 0.25) is 17.7 Å². The highest BCUT2D eigenvalue weighted by molar-refractivity contribution is 5.90. The zero-order valence-electron chi connectivity index (χ0n) is 14.0. The number of likely N-dealkylation sites (N-methyl/N-ethyl adjacent to an activating group) is 1. The monoisotopic (exact) mass is 330 g/mol. The fourth-order valence-corrected chi connectivity index (χ4v) is 1.90. The standard InChI is InChI=1S/C14H30N6O3/c1-17-7-3-4-10(15)13(22)20-11(5-6-12(16)21)14(23)19-9-8-18-2/h10-11,17-18H,3-9,15H2,1-2H3,(H2,16,21)(H,19,23)(H,20,22)/t10-,11-/m1/s1. The average molecular weight is 330 g/mol. The van der Waals surface area contributed by atoms with E-state index in [1.165, 1.54) is 0 Å². The molecular formula is C14H30N6O3. The van der Waals surface area contributed by atoms with Gasteiger partial charge >= 0.3 is 0 Å². The van der Waals surface area contributed by atoms with Crippen LogP contribution in [-0.4, -0.2) is 63.5 Å². The predicted molar refractivity (Wildman–Crippen MR) is 88.4 cm³/mol. The van der Waals surface area contributed by atoms with E-state index in [9.17, 15) is 14.4 Å². The van der Waals surface area contributed by atoms with Gasteiger partial charge in [-0.25, -0.2) is 0 Å². The van der Waals surface area contributed by atoms with E-state index in [-0.39, 0.29) is 18.7 Å². The summed E-state index contributed by atoms with van der Waals surface area (Å²) in [6, 6.07) is -1.51. The first-order chi connectivity index (χ1) is 10.9. The smallest absolute Gasteiger partial charge is 0.242 e. The Bertz CT molecular complexity index is 378. The van der Waals surface area contributed by atoms with Gasteiger partial charge in [-0.2, -0.15) is 0 Å². The fourth-order valence-electron chi connectivity index (χ4n) is 1.90. The third-order valence-corrected chi connectivity index (χ3v) is 3.27. The molecule has 0 saturated carbocycles. The van der Waals surface area contributed by atoms with Crippen LogP contribution in [0.5, 0.6) is 0 Å². The normalized spacial score (nSPS) is 13.2. The summed E-state index contributed by atoms with van der Waals surface area (Å²) in [5, 5.41) is 11.2. The minimum atomic E-state index is -0.817. The van der Waals surface area contributed by atoms with Crippen LogP contribution >= 0.6 is 0 Å². The summed E-state index contributed by atoms with van der Waals surface area (Å²) in [6.45, 7) is 1.79. The van der Waals surface area contributed by atoms with Crippen LogP contribution in [0.2, 0.25) is 0 Å². The van der Waals surface area contributed by atoms with Crippen molar-refractivity contribution in [3.05, 3.63) is 0 Å². The van der Waals surface area contributed by atoms with Crippen LogP contribution in [0.15, 0.2) is 0 Å². The molecule has 0 unspecified atom stereocenters. The Morgan fingerprint density at radius 3 is 2.17 bits per heavy atom. The number of nitrogens with two attached hydrogens (primary N) is 2. The second-order valence-corrected chi connectivity index (χ2v) is 5.31. The molecule has 134 valence electrons. The molecule has 0 fully saturated rings. The Labute approximate surface area is 137 Å². The molecule has 0 radical (unpaired) electrons. The van der Waals surface area contributed by atoms with Crippen molar-refractivity contribution >= 4 is 17.7 Å². The Hall–Kier alpha value is -1.71. The van der Waals surface area contributed by atoms with Gasteiger partial charge in [0.05, 0.1) is 6.04 Å². The summed E-state index contributed by atoms with van der Waals surface area (Å²) < 4.78 is 0. The van der Waals surface area contributed by atoms with Gasteiger partial charge in [0.25, 0.3) is 0 Å². The third-order valence-electron chi connectivity index (χ3n) is 3.27. The van der Waals surface area contributed by atoms with E-state index in [1.807, 2.05) is 7.05 Å². The van der Waals surface area contributed by atoms with E-state index < -0.39 is 23.9 Å². The molecule has 9 heteroatoms. The largest absolute Gasteiger partial charge is 0.370 e. The summed E-state index contributed by atoms with van der Waals surface area (Å²) in [4.78, 5) is 35.1. The van der Waals surface area contributed by atoms with Crippen molar-refractivity contribution in [2.45, 2.75) is 37.8 Å². The van der Waals surface area contributed by atoms with Crippen LogP contribution in [0.25, 0.3) is 0 Å². The van der Waals surface area contributed by atoms with Crippen LogP contribution in [0.4, 0.5) is 0 Å². The van der Waals surface area contributed by atoms with Gasteiger partial charge in [-0.1, -0.05) is 0 Å². The van der Waals surface area contributed by atoms with E-state index in [2.05, 4.69) is 21.3 Å². The van der Waals surface area contributed by atoms with E-state index in [0.29, 0.717) is 19.5 Å². The number of hydrogen-bond donors (Lipinski definition) is 6. The van der Waals surface area contributed by atoms with Crippen LogP contribution in [0, 0.1) is 0 Å². The molecule has 3 amide bonds. The van der Waals surface area contributed by atoms with E-state index in [4.69, 9.17) is 11.5 Å². The van der Waals surface area contributed by atoms with Crippen molar-refractivity contribution in [3.63, 3.8) is 0 Å². The molecular weight excluding hydrogens is 300 g/mol. The quantitative estimate of drug-likeness (QED) is 0.204. The predicted octanol–water partition coefficient (Wildman–Crippen LogP) is -2.60. The van der Waals surface area contributed by atoms with E-state index in [0.717, 1.165) is 13.0 Å². The first kappa shape index (κ1) is 21.3. The second kappa shape index (κ2) is 12.8. The summed E-state index contributed by atoms with van der Waals surface area (Å²) in [5.41, 5.74) is 10.9. The molecule has 0 aromatic rings. The van der Waals surface area contributed by atoms with Crippen LogP contribution in [-0.2, 0) is 14.4 Å². The van der Waals surface area contributed by atoms with Crippen LogP contribution < -0.4 is 32.7 Å². The number of nitrogens with one attached hydrogen (secondary N) is 4. The molecule has 8 N–H and O–H groups in total. The van der Waals surface area contributed by atoms with Gasteiger partial charge in [-0.3, -0.25) is 14.4 Å². The lowest BCUT2D eigenvalue weighted by Crippen LogP contribution is -2.52.